The summed E-state index contributed by atoms with van der Waals surface area (Å²) < 4.78 is 11.1. The Labute approximate surface area is 121 Å². The van der Waals surface area contributed by atoms with E-state index in [1.165, 1.54) is 5.56 Å². The van der Waals surface area contributed by atoms with Crippen LogP contribution in [0.15, 0.2) is 18.2 Å². The van der Waals surface area contributed by atoms with E-state index < -0.39 is 0 Å². The Hall–Kier alpha value is -1.26. The second-order valence-corrected chi connectivity index (χ2v) is 5.72. The minimum atomic E-state index is -0.239. The van der Waals surface area contributed by atoms with Crippen molar-refractivity contribution >= 4 is 0 Å². The Balaban J connectivity index is 1.90. The van der Waals surface area contributed by atoms with E-state index in [1.807, 2.05) is 19.1 Å². The highest BCUT2D eigenvalue weighted by molar-refractivity contribution is 5.44. The fourth-order valence-electron chi connectivity index (χ4n) is 2.49. The van der Waals surface area contributed by atoms with Gasteiger partial charge in [0.2, 0.25) is 0 Å². The third-order valence-electron chi connectivity index (χ3n) is 3.58. The lowest BCUT2D eigenvalue weighted by Gasteiger charge is -2.22. The van der Waals surface area contributed by atoms with Crippen molar-refractivity contribution < 1.29 is 14.6 Å². The molecule has 0 fully saturated rings. The topological polar surface area (TPSA) is 50.7 Å². The van der Waals surface area contributed by atoms with Gasteiger partial charge >= 0.3 is 0 Å². The van der Waals surface area contributed by atoms with E-state index in [1.54, 1.807) is 0 Å². The Morgan fingerprint density at radius 1 is 1.15 bits per heavy atom. The summed E-state index contributed by atoms with van der Waals surface area (Å²) in [4.78, 5) is 0. The van der Waals surface area contributed by atoms with E-state index in [2.05, 4.69) is 25.2 Å². The number of aliphatic hydroxyl groups excluding tert-OH is 1. The molecule has 1 aliphatic heterocycles. The summed E-state index contributed by atoms with van der Waals surface area (Å²) in [6.07, 6.45) is 0.581. The van der Waals surface area contributed by atoms with Crippen molar-refractivity contribution in [3.8, 4) is 11.5 Å². The molecule has 1 aromatic rings. The van der Waals surface area contributed by atoms with Gasteiger partial charge in [0.1, 0.15) is 13.2 Å². The van der Waals surface area contributed by atoms with Gasteiger partial charge in [-0.1, -0.05) is 13.0 Å². The lowest BCUT2D eigenvalue weighted by molar-refractivity contribution is 0.162. The minimum Gasteiger partial charge on any atom is -0.486 e. The van der Waals surface area contributed by atoms with E-state index in [0.29, 0.717) is 19.1 Å². The number of hydrogen-bond acceptors (Lipinski definition) is 4. The highest BCUT2D eigenvalue weighted by atomic mass is 16.6. The molecule has 1 heterocycles. The molecular weight excluding hydrogens is 254 g/mol. The van der Waals surface area contributed by atoms with Crippen LogP contribution < -0.4 is 14.8 Å². The average molecular weight is 279 g/mol. The fraction of sp³-hybridized carbons (Fsp3) is 0.625. The predicted molar refractivity (Wildman–Crippen MR) is 79.3 cm³/mol. The number of ether oxygens (including phenoxy) is 2. The summed E-state index contributed by atoms with van der Waals surface area (Å²) >= 11 is 0. The van der Waals surface area contributed by atoms with Crippen LogP contribution in [-0.4, -0.2) is 31.0 Å². The molecule has 0 bridgehead atoms. The molecule has 0 saturated carbocycles. The third-order valence-corrected chi connectivity index (χ3v) is 3.58. The van der Waals surface area contributed by atoms with Crippen LogP contribution in [0.25, 0.3) is 0 Å². The van der Waals surface area contributed by atoms with Gasteiger partial charge in [-0.05, 0) is 50.4 Å². The standard InChI is InChI=1S/C16H25NO3/c1-11(8-12(2)18)10-17-13(3)14-4-5-15-16(9-14)20-7-6-19-15/h4-5,9,11-13,17-18H,6-8,10H2,1-3H3. The lowest BCUT2D eigenvalue weighted by Crippen LogP contribution is -2.26. The van der Waals surface area contributed by atoms with E-state index in [-0.39, 0.29) is 12.1 Å². The zero-order chi connectivity index (χ0) is 14.5. The SMILES string of the molecule is CC(O)CC(C)CNC(C)c1ccc2c(c1)OCCO2. The molecule has 4 nitrogen and oxygen atoms in total. The third kappa shape index (κ3) is 4.12. The van der Waals surface area contributed by atoms with Gasteiger partial charge in [-0.15, -0.1) is 0 Å². The first-order chi connectivity index (χ1) is 9.56. The van der Waals surface area contributed by atoms with Crippen molar-refractivity contribution in [3.63, 3.8) is 0 Å². The van der Waals surface area contributed by atoms with Crippen LogP contribution in [0, 0.1) is 5.92 Å². The summed E-state index contributed by atoms with van der Waals surface area (Å²) in [6.45, 7) is 8.25. The summed E-state index contributed by atoms with van der Waals surface area (Å²) in [5.74, 6) is 2.11. The smallest absolute Gasteiger partial charge is 0.161 e. The highest BCUT2D eigenvalue weighted by Gasteiger charge is 2.15. The quantitative estimate of drug-likeness (QED) is 0.840. The molecule has 2 rings (SSSR count). The molecule has 0 amide bonds. The molecular formula is C16H25NO3. The van der Waals surface area contributed by atoms with Crippen molar-refractivity contribution in [1.82, 2.24) is 5.32 Å². The molecule has 2 N–H and O–H groups in total. The van der Waals surface area contributed by atoms with Gasteiger partial charge in [0, 0.05) is 6.04 Å². The zero-order valence-corrected chi connectivity index (χ0v) is 12.6. The maximum atomic E-state index is 9.38. The van der Waals surface area contributed by atoms with Crippen LogP contribution in [0.3, 0.4) is 0 Å². The number of rotatable bonds is 6. The Morgan fingerprint density at radius 2 is 1.85 bits per heavy atom. The van der Waals surface area contributed by atoms with Crippen LogP contribution in [-0.2, 0) is 0 Å². The minimum absolute atomic E-state index is 0.239. The Morgan fingerprint density at radius 3 is 2.55 bits per heavy atom. The van der Waals surface area contributed by atoms with E-state index in [0.717, 1.165) is 24.5 Å². The van der Waals surface area contributed by atoms with Gasteiger partial charge in [-0.3, -0.25) is 0 Å². The Kier molecular flexibility index (Phi) is 5.26. The summed E-state index contributed by atoms with van der Waals surface area (Å²) in [5.41, 5.74) is 1.19. The van der Waals surface area contributed by atoms with Crippen LogP contribution in [0.5, 0.6) is 11.5 Å². The molecule has 0 radical (unpaired) electrons. The van der Waals surface area contributed by atoms with Gasteiger partial charge in [0.15, 0.2) is 11.5 Å². The van der Waals surface area contributed by atoms with Gasteiger partial charge in [-0.2, -0.15) is 0 Å². The summed E-state index contributed by atoms with van der Waals surface area (Å²) in [6, 6.07) is 6.35. The normalized spacial score (nSPS) is 18.4. The second-order valence-electron chi connectivity index (χ2n) is 5.72. The van der Waals surface area contributed by atoms with Gasteiger partial charge in [0.25, 0.3) is 0 Å². The van der Waals surface area contributed by atoms with Crippen LogP contribution in [0.4, 0.5) is 0 Å². The van der Waals surface area contributed by atoms with Crippen LogP contribution >= 0.6 is 0 Å². The number of fused-ring (bicyclic) bond motifs is 1. The van der Waals surface area contributed by atoms with Crippen molar-refractivity contribution in [2.45, 2.75) is 39.3 Å². The summed E-state index contributed by atoms with van der Waals surface area (Å²) in [7, 11) is 0. The molecule has 3 unspecified atom stereocenters. The van der Waals surface area contributed by atoms with Gasteiger partial charge in [-0.25, -0.2) is 0 Å². The van der Waals surface area contributed by atoms with Gasteiger partial charge < -0.3 is 19.9 Å². The maximum Gasteiger partial charge on any atom is 0.161 e. The highest BCUT2D eigenvalue weighted by Crippen LogP contribution is 2.32. The van der Waals surface area contributed by atoms with Crippen LogP contribution in [0.2, 0.25) is 0 Å². The molecule has 4 heteroatoms. The number of nitrogens with one attached hydrogen (secondary N) is 1. The lowest BCUT2D eigenvalue weighted by atomic mass is 10.0. The number of benzene rings is 1. The molecule has 20 heavy (non-hydrogen) atoms. The first-order valence-electron chi connectivity index (χ1n) is 7.37. The van der Waals surface area contributed by atoms with Crippen molar-refractivity contribution in [3.05, 3.63) is 23.8 Å². The van der Waals surface area contributed by atoms with Crippen molar-refractivity contribution in [2.75, 3.05) is 19.8 Å². The largest absolute Gasteiger partial charge is 0.486 e. The molecule has 0 aliphatic carbocycles. The molecule has 1 aliphatic rings. The van der Waals surface area contributed by atoms with Crippen molar-refractivity contribution in [1.29, 1.82) is 0 Å². The average Bonchev–Trinajstić information content (AvgIpc) is 2.43. The zero-order valence-electron chi connectivity index (χ0n) is 12.6. The van der Waals surface area contributed by atoms with Crippen LogP contribution in [0.1, 0.15) is 38.8 Å². The molecule has 112 valence electrons. The first-order valence-corrected chi connectivity index (χ1v) is 7.37. The Bertz CT molecular complexity index is 434. The van der Waals surface area contributed by atoms with Crippen molar-refractivity contribution in [2.24, 2.45) is 5.92 Å². The van der Waals surface area contributed by atoms with E-state index >= 15 is 0 Å². The van der Waals surface area contributed by atoms with E-state index in [9.17, 15) is 5.11 Å². The fourth-order valence-corrected chi connectivity index (χ4v) is 2.49. The molecule has 3 atom stereocenters. The van der Waals surface area contributed by atoms with Gasteiger partial charge in [0.05, 0.1) is 6.10 Å². The summed E-state index contributed by atoms with van der Waals surface area (Å²) in [5, 5.41) is 12.9. The second kappa shape index (κ2) is 6.95. The molecule has 0 saturated heterocycles. The number of aliphatic hydroxyl groups is 1. The molecule has 1 aromatic carbocycles. The molecule has 0 aromatic heterocycles. The maximum absolute atomic E-state index is 9.38. The van der Waals surface area contributed by atoms with E-state index in [4.69, 9.17) is 9.47 Å². The molecule has 0 spiro atoms. The first kappa shape index (κ1) is 15.1. The predicted octanol–water partition coefficient (Wildman–Crippen LogP) is 2.52. The number of hydrogen-bond donors (Lipinski definition) is 2. The monoisotopic (exact) mass is 279 g/mol.